The number of aromatic nitrogens is 2. The summed E-state index contributed by atoms with van der Waals surface area (Å²) in [6.07, 6.45) is 0. The van der Waals surface area contributed by atoms with E-state index in [1.807, 2.05) is 36.4 Å². The lowest BCUT2D eigenvalue weighted by molar-refractivity contribution is -0.0000126. The van der Waals surface area contributed by atoms with Crippen LogP contribution in [-0.4, -0.2) is 21.7 Å². The van der Waals surface area contributed by atoms with Gasteiger partial charge < -0.3 is 21.4 Å². The number of hydrogen-bond acceptors (Lipinski definition) is 5. The molecule has 0 saturated heterocycles. The van der Waals surface area contributed by atoms with E-state index in [4.69, 9.17) is 4.42 Å². The molecule has 1 heterocycles. The zero-order valence-electron chi connectivity index (χ0n) is 12.1. The van der Waals surface area contributed by atoms with Crippen LogP contribution in [0, 0.1) is 0 Å². The number of hydrogen-bond donors (Lipinski definition) is 0. The summed E-state index contributed by atoms with van der Waals surface area (Å²) in [6.45, 7) is 0. The molecule has 0 aliphatic rings. The molecular formula is C16H10Br3N2O2S-. The molecule has 0 aliphatic carbocycles. The van der Waals surface area contributed by atoms with Gasteiger partial charge in [-0.3, -0.25) is 4.79 Å². The molecule has 0 fully saturated rings. The Kier molecular flexibility index (Phi) is 7.21. The van der Waals surface area contributed by atoms with E-state index < -0.39 is 0 Å². The molecule has 0 bridgehead atoms. The second kappa shape index (κ2) is 8.94. The van der Waals surface area contributed by atoms with Crippen molar-refractivity contribution in [1.82, 2.24) is 10.2 Å². The van der Waals surface area contributed by atoms with E-state index in [-0.39, 0.29) is 28.5 Å². The topological polar surface area (TPSA) is 56.0 Å². The van der Waals surface area contributed by atoms with Gasteiger partial charge in [-0.25, -0.2) is 0 Å². The maximum atomic E-state index is 12.1. The van der Waals surface area contributed by atoms with Crippen LogP contribution < -0.4 is 17.0 Å². The summed E-state index contributed by atoms with van der Waals surface area (Å²) < 4.78 is 7.50. The molecule has 3 aromatic rings. The van der Waals surface area contributed by atoms with Crippen LogP contribution in [-0.2, 0) is 0 Å². The Morgan fingerprint density at radius 3 is 2.17 bits per heavy atom. The summed E-state index contributed by atoms with van der Waals surface area (Å²) in [6, 6.07) is 14.8. The number of carbonyl (C=O) groups is 1. The fourth-order valence-electron chi connectivity index (χ4n) is 1.82. The SMILES string of the molecule is O=C(CSc1nnc(-c2ccc(Br)cc2)o1)c1ccc(Br)cc1.[Br-]. The van der Waals surface area contributed by atoms with E-state index in [1.54, 1.807) is 12.1 Å². The molecule has 0 amide bonds. The van der Waals surface area contributed by atoms with E-state index in [0.717, 1.165) is 14.5 Å². The highest BCUT2D eigenvalue weighted by molar-refractivity contribution is 9.10. The summed E-state index contributed by atoms with van der Waals surface area (Å²) in [5.74, 6) is 0.714. The molecule has 3 rings (SSSR count). The lowest BCUT2D eigenvalue weighted by atomic mass is 10.2. The van der Waals surface area contributed by atoms with Crippen LogP contribution in [0.3, 0.4) is 0 Å². The van der Waals surface area contributed by atoms with Crippen LogP contribution in [0.15, 0.2) is 67.1 Å². The number of rotatable bonds is 5. The molecule has 0 spiro atoms. The van der Waals surface area contributed by atoms with Crippen LogP contribution in [0.25, 0.3) is 11.5 Å². The van der Waals surface area contributed by atoms with Gasteiger partial charge in [0.05, 0.1) is 5.75 Å². The molecule has 0 aliphatic heterocycles. The minimum atomic E-state index is 0. The molecular weight excluding hydrogens is 524 g/mol. The Morgan fingerprint density at radius 1 is 0.958 bits per heavy atom. The minimum absolute atomic E-state index is 0. The molecule has 0 radical (unpaired) electrons. The second-order valence-electron chi connectivity index (χ2n) is 4.60. The van der Waals surface area contributed by atoms with Crippen LogP contribution >= 0.6 is 43.6 Å². The molecule has 24 heavy (non-hydrogen) atoms. The van der Waals surface area contributed by atoms with Gasteiger partial charge in [0.2, 0.25) is 5.89 Å². The van der Waals surface area contributed by atoms with Gasteiger partial charge in [0, 0.05) is 20.1 Å². The second-order valence-corrected chi connectivity index (χ2v) is 7.36. The normalized spacial score (nSPS) is 10.2. The monoisotopic (exact) mass is 531 g/mol. The fourth-order valence-corrected chi connectivity index (χ4v) is 3.01. The summed E-state index contributed by atoms with van der Waals surface area (Å²) in [5, 5.41) is 8.36. The highest BCUT2D eigenvalue weighted by Gasteiger charge is 2.12. The van der Waals surface area contributed by atoms with Crippen LogP contribution in [0.1, 0.15) is 10.4 Å². The number of Topliss-reactive ketones (excluding diaryl/α,β-unsaturated/α-hetero) is 1. The van der Waals surface area contributed by atoms with Gasteiger partial charge in [-0.2, -0.15) is 0 Å². The third kappa shape index (κ3) is 5.02. The minimum Gasteiger partial charge on any atom is -1.00 e. The van der Waals surface area contributed by atoms with Crippen molar-refractivity contribution in [2.24, 2.45) is 0 Å². The van der Waals surface area contributed by atoms with Gasteiger partial charge in [-0.1, -0.05) is 55.8 Å². The van der Waals surface area contributed by atoms with Crippen molar-refractivity contribution in [2.75, 3.05) is 5.75 Å². The fraction of sp³-hybridized carbons (Fsp3) is 0.0625. The van der Waals surface area contributed by atoms with Crippen molar-refractivity contribution in [1.29, 1.82) is 0 Å². The first-order chi connectivity index (χ1) is 11.1. The van der Waals surface area contributed by atoms with Gasteiger partial charge in [0.1, 0.15) is 0 Å². The molecule has 0 N–H and O–H groups in total. The molecule has 124 valence electrons. The Bertz CT molecular complexity index is 820. The molecule has 0 atom stereocenters. The van der Waals surface area contributed by atoms with Crippen molar-refractivity contribution < 1.29 is 26.2 Å². The first kappa shape index (κ1) is 19.4. The van der Waals surface area contributed by atoms with Gasteiger partial charge >= 0.3 is 0 Å². The average molecular weight is 534 g/mol. The van der Waals surface area contributed by atoms with E-state index in [2.05, 4.69) is 42.1 Å². The summed E-state index contributed by atoms with van der Waals surface area (Å²) in [7, 11) is 0. The maximum Gasteiger partial charge on any atom is 0.277 e. The molecule has 0 unspecified atom stereocenters. The van der Waals surface area contributed by atoms with E-state index in [1.165, 1.54) is 11.8 Å². The average Bonchev–Trinajstić information content (AvgIpc) is 3.03. The number of ketones is 1. The van der Waals surface area contributed by atoms with Crippen molar-refractivity contribution in [3.63, 3.8) is 0 Å². The summed E-state index contributed by atoms with van der Waals surface area (Å²) in [5.41, 5.74) is 1.50. The number of carbonyl (C=O) groups excluding carboxylic acids is 1. The van der Waals surface area contributed by atoms with Gasteiger partial charge in [0.25, 0.3) is 5.22 Å². The van der Waals surface area contributed by atoms with Crippen molar-refractivity contribution in [3.8, 4) is 11.5 Å². The van der Waals surface area contributed by atoms with E-state index >= 15 is 0 Å². The molecule has 0 saturated carbocycles. The molecule has 1 aromatic heterocycles. The lowest BCUT2D eigenvalue weighted by Gasteiger charge is -1.99. The first-order valence-electron chi connectivity index (χ1n) is 6.63. The van der Waals surface area contributed by atoms with E-state index in [0.29, 0.717) is 16.7 Å². The molecule has 8 heteroatoms. The van der Waals surface area contributed by atoms with E-state index in [9.17, 15) is 4.79 Å². The maximum absolute atomic E-state index is 12.1. The molecule has 2 aromatic carbocycles. The quantitative estimate of drug-likeness (QED) is 0.372. The smallest absolute Gasteiger partial charge is 0.277 e. The number of nitrogens with zero attached hydrogens (tertiary/aromatic N) is 2. The predicted octanol–water partition coefficient (Wildman–Crippen LogP) is 2.24. The van der Waals surface area contributed by atoms with Crippen molar-refractivity contribution in [2.45, 2.75) is 5.22 Å². The zero-order valence-corrected chi connectivity index (χ0v) is 17.7. The third-order valence-electron chi connectivity index (χ3n) is 2.99. The highest BCUT2D eigenvalue weighted by Crippen LogP contribution is 2.25. The number of halogens is 3. The van der Waals surface area contributed by atoms with Crippen LogP contribution in [0.4, 0.5) is 0 Å². The highest BCUT2D eigenvalue weighted by atomic mass is 79.9. The Hall–Kier alpha value is -0.960. The standard InChI is InChI=1S/C16H10Br2N2O2S.BrH/c17-12-5-1-10(2-6-12)14(21)9-23-16-20-19-15(22-16)11-3-7-13(18)8-4-11;/h1-8H,9H2;1H/p-1. The third-order valence-corrected chi connectivity index (χ3v) is 4.87. The largest absolute Gasteiger partial charge is 1.00 e. The van der Waals surface area contributed by atoms with Gasteiger partial charge in [0.15, 0.2) is 5.78 Å². The number of thioether (sulfide) groups is 1. The molecule has 4 nitrogen and oxygen atoms in total. The summed E-state index contributed by atoms with van der Waals surface area (Å²) >= 11 is 7.96. The first-order valence-corrected chi connectivity index (χ1v) is 9.20. The van der Waals surface area contributed by atoms with Gasteiger partial charge in [-0.05, 0) is 36.4 Å². The van der Waals surface area contributed by atoms with Crippen molar-refractivity contribution in [3.05, 3.63) is 63.0 Å². The predicted molar refractivity (Wildman–Crippen MR) is 96.6 cm³/mol. The lowest BCUT2D eigenvalue weighted by Crippen LogP contribution is -3.00. The van der Waals surface area contributed by atoms with Crippen LogP contribution in [0.2, 0.25) is 0 Å². The number of benzene rings is 2. The Balaban J connectivity index is 0.00000208. The Morgan fingerprint density at radius 2 is 1.54 bits per heavy atom. The summed E-state index contributed by atoms with van der Waals surface area (Å²) in [4.78, 5) is 12.1. The van der Waals surface area contributed by atoms with Crippen molar-refractivity contribution >= 4 is 49.4 Å². The zero-order chi connectivity index (χ0) is 16.2. The Labute approximate surface area is 170 Å². The van der Waals surface area contributed by atoms with Gasteiger partial charge in [-0.15, -0.1) is 10.2 Å². The van der Waals surface area contributed by atoms with Crippen LogP contribution in [0.5, 0.6) is 0 Å².